The summed E-state index contributed by atoms with van der Waals surface area (Å²) in [6.07, 6.45) is 1.35. The number of aromatic hydroxyl groups is 1. The predicted octanol–water partition coefficient (Wildman–Crippen LogP) is 2.50. The van der Waals surface area contributed by atoms with Crippen LogP contribution in [0.3, 0.4) is 0 Å². The normalized spacial score (nSPS) is 10.6. The highest BCUT2D eigenvalue weighted by molar-refractivity contribution is 6.39. The Morgan fingerprint density at radius 2 is 1.85 bits per heavy atom. The molecule has 0 radical (unpaired) electrons. The number of aryl methyl sites for hydroxylation is 2. The molecule has 2 rings (SSSR count). The Morgan fingerprint density at radius 3 is 2.50 bits per heavy atom. The van der Waals surface area contributed by atoms with Crippen LogP contribution in [0.4, 0.5) is 5.69 Å². The van der Waals surface area contributed by atoms with E-state index in [9.17, 15) is 14.7 Å². The topological polar surface area (TPSA) is 100 Å². The molecule has 0 fully saturated rings. The first-order valence-electron chi connectivity index (χ1n) is 8.08. The zero-order valence-corrected chi connectivity index (χ0v) is 14.9. The molecular weight excluding hydrogens is 334 g/mol. The summed E-state index contributed by atoms with van der Waals surface area (Å²) >= 11 is 0. The minimum Gasteiger partial charge on any atom is -0.504 e. The fraction of sp³-hybridized carbons (Fsp3) is 0.211. The minimum absolute atomic E-state index is 0.0148. The molecule has 0 aromatic heterocycles. The Hall–Kier alpha value is -3.35. The molecule has 26 heavy (non-hydrogen) atoms. The molecule has 0 aliphatic carbocycles. The highest BCUT2D eigenvalue weighted by atomic mass is 16.5. The molecule has 2 aromatic rings. The molecule has 0 heterocycles. The van der Waals surface area contributed by atoms with Gasteiger partial charge in [0, 0.05) is 5.69 Å². The summed E-state index contributed by atoms with van der Waals surface area (Å²) in [5.74, 6) is -1.36. The summed E-state index contributed by atoms with van der Waals surface area (Å²) in [7, 11) is 0. The number of nitrogens with one attached hydrogen (secondary N) is 2. The van der Waals surface area contributed by atoms with Crippen molar-refractivity contribution >= 4 is 23.7 Å². The zero-order valence-electron chi connectivity index (χ0n) is 14.9. The van der Waals surface area contributed by atoms with Gasteiger partial charge in [-0.25, -0.2) is 5.43 Å². The van der Waals surface area contributed by atoms with Gasteiger partial charge in [0.05, 0.1) is 12.8 Å². The molecule has 7 heteroatoms. The molecule has 0 saturated heterocycles. The molecule has 0 atom stereocenters. The number of amides is 2. The van der Waals surface area contributed by atoms with E-state index in [4.69, 9.17) is 4.74 Å². The van der Waals surface area contributed by atoms with Crippen LogP contribution in [0.25, 0.3) is 0 Å². The second-order valence-corrected chi connectivity index (χ2v) is 5.58. The van der Waals surface area contributed by atoms with E-state index in [0.29, 0.717) is 23.6 Å². The smallest absolute Gasteiger partial charge is 0.329 e. The molecule has 3 N–H and O–H groups in total. The first-order chi connectivity index (χ1) is 12.4. The van der Waals surface area contributed by atoms with E-state index in [1.54, 1.807) is 19.1 Å². The van der Waals surface area contributed by atoms with E-state index in [0.717, 1.165) is 11.1 Å². The van der Waals surface area contributed by atoms with Crippen LogP contribution < -0.4 is 15.5 Å². The number of phenols is 1. The second kappa shape index (κ2) is 8.66. The van der Waals surface area contributed by atoms with Gasteiger partial charge in [-0.1, -0.05) is 18.2 Å². The maximum atomic E-state index is 12.0. The highest BCUT2D eigenvalue weighted by Crippen LogP contribution is 2.26. The van der Waals surface area contributed by atoms with Crippen molar-refractivity contribution in [3.05, 3.63) is 53.1 Å². The Balaban J connectivity index is 1.98. The largest absolute Gasteiger partial charge is 0.504 e. The zero-order chi connectivity index (χ0) is 19.1. The molecule has 0 aliphatic heterocycles. The van der Waals surface area contributed by atoms with E-state index in [-0.39, 0.29) is 5.75 Å². The van der Waals surface area contributed by atoms with Crippen molar-refractivity contribution in [2.24, 2.45) is 5.10 Å². The van der Waals surface area contributed by atoms with Crippen LogP contribution in [0.2, 0.25) is 0 Å². The summed E-state index contributed by atoms with van der Waals surface area (Å²) in [6, 6.07) is 10.2. The molecule has 7 nitrogen and oxygen atoms in total. The van der Waals surface area contributed by atoms with Crippen LogP contribution in [0.5, 0.6) is 11.5 Å². The van der Waals surface area contributed by atoms with Crippen molar-refractivity contribution in [2.75, 3.05) is 11.9 Å². The quantitative estimate of drug-likeness (QED) is 0.436. The predicted molar refractivity (Wildman–Crippen MR) is 99.6 cm³/mol. The van der Waals surface area contributed by atoms with Gasteiger partial charge in [0.25, 0.3) is 0 Å². The standard InChI is InChI=1S/C19H21N3O4/c1-4-26-16-10-14(8-9-15(16)23)11-20-22-19(25)18(24)21-17-12(2)6-5-7-13(17)3/h5-11,23H,4H2,1-3H3,(H,21,24)(H,22,25)/b20-11-. The summed E-state index contributed by atoms with van der Waals surface area (Å²) in [5, 5.41) is 16.0. The lowest BCUT2D eigenvalue weighted by Crippen LogP contribution is -2.32. The molecule has 0 saturated carbocycles. The number of para-hydroxylation sites is 1. The van der Waals surface area contributed by atoms with Gasteiger partial charge in [-0.2, -0.15) is 5.10 Å². The average Bonchev–Trinajstić information content (AvgIpc) is 2.61. The number of carbonyl (C=O) groups is 2. The minimum atomic E-state index is -0.882. The molecule has 136 valence electrons. The molecule has 0 aliphatic rings. The summed E-state index contributed by atoms with van der Waals surface area (Å²) in [5.41, 5.74) is 5.10. The number of hydrogen-bond acceptors (Lipinski definition) is 5. The Labute approximate surface area is 151 Å². The maximum Gasteiger partial charge on any atom is 0.329 e. The molecule has 0 unspecified atom stereocenters. The van der Waals surface area contributed by atoms with E-state index in [1.165, 1.54) is 12.3 Å². The van der Waals surface area contributed by atoms with Crippen LogP contribution in [0.15, 0.2) is 41.5 Å². The van der Waals surface area contributed by atoms with Gasteiger partial charge in [0.1, 0.15) is 0 Å². The van der Waals surface area contributed by atoms with Gasteiger partial charge in [-0.05, 0) is 55.7 Å². The monoisotopic (exact) mass is 355 g/mol. The van der Waals surface area contributed by atoms with Crippen molar-refractivity contribution in [1.29, 1.82) is 0 Å². The number of rotatable bonds is 5. The lowest BCUT2D eigenvalue weighted by Gasteiger charge is -2.10. The summed E-state index contributed by atoms with van der Waals surface area (Å²) in [4.78, 5) is 23.9. The van der Waals surface area contributed by atoms with Crippen LogP contribution >= 0.6 is 0 Å². The maximum absolute atomic E-state index is 12.0. The first kappa shape index (κ1) is 19.0. The van der Waals surface area contributed by atoms with Crippen molar-refractivity contribution in [1.82, 2.24) is 5.43 Å². The van der Waals surface area contributed by atoms with Gasteiger partial charge in [0.15, 0.2) is 11.5 Å². The number of carbonyl (C=O) groups excluding carboxylic acids is 2. The molecule has 2 aromatic carbocycles. The van der Waals surface area contributed by atoms with Crippen molar-refractivity contribution in [2.45, 2.75) is 20.8 Å². The highest BCUT2D eigenvalue weighted by Gasteiger charge is 2.15. The molecule has 2 amide bonds. The van der Waals surface area contributed by atoms with Gasteiger partial charge < -0.3 is 15.2 Å². The van der Waals surface area contributed by atoms with Gasteiger partial charge in [-0.3, -0.25) is 9.59 Å². The fourth-order valence-corrected chi connectivity index (χ4v) is 2.28. The van der Waals surface area contributed by atoms with Gasteiger partial charge in [0.2, 0.25) is 0 Å². The van der Waals surface area contributed by atoms with Crippen LogP contribution in [0, 0.1) is 13.8 Å². The molecular formula is C19H21N3O4. The number of benzene rings is 2. The second-order valence-electron chi connectivity index (χ2n) is 5.58. The number of nitrogens with zero attached hydrogens (tertiary/aromatic N) is 1. The third kappa shape index (κ3) is 4.83. The number of phenolic OH excluding ortho intramolecular Hbond substituents is 1. The summed E-state index contributed by atoms with van der Waals surface area (Å²) in [6.45, 7) is 5.90. The third-order valence-corrected chi connectivity index (χ3v) is 3.59. The van der Waals surface area contributed by atoms with Crippen molar-refractivity contribution in [3.8, 4) is 11.5 Å². The first-order valence-corrected chi connectivity index (χ1v) is 8.08. The Morgan fingerprint density at radius 1 is 1.15 bits per heavy atom. The fourth-order valence-electron chi connectivity index (χ4n) is 2.28. The van der Waals surface area contributed by atoms with Crippen LogP contribution in [-0.2, 0) is 9.59 Å². The van der Waals surface area contributed by atoms with E-state index >= 15 is 0 Å². The van der Waals surface area contributed by atoms with Crippen molar-refractivity contribution in [3.63, 3.8) is 0 Å². The van der Waals surface area contributed by atoms with E-state index < -0.39 is 11.8 Å². The Kier molecular flexibility index (Phi) is 6.32. The number of hydrazone groups is 1. The average molecular weight is 355 g/mol. The number of anilines is 1. The van der Waals surface area contributed by atoms with E-state index in [2.05, 4.69) is 15.8 Å². The van der Waals surface area contributed by atoms with Gasteiger partial charge in [-0.15, -0.1) is 0 Å². The Bertz CT molecular complexity index is 826. The van der Waals surface area contributed by atoms with Crippen molar-refractivity contribution < 1.29 is 19.4 Å². The number of hydrogen-bond donors (Lipinski definition) is 3. The lowest BCUT2D eigenvalue weighted by atomic mass is 10.1. The number of ether oxygens (including phenoxy) is 1. The molecule has 0 spiro atoms. The summed E-state index contributed by atoms with van der Waals surface area (Å²) < 4.78 is 5.27. The lowest BCUT2D eigenvalue weighted by molar-refractivity contribution is -0.136. The van der Waals surface area contributed by atoms with Crippen LogP contribution in [0.1, 0.15) is 23.6 Å². The van der Waals surface area contributed by atoms with Gasteiger partial charge >= 0.3 is 11.8 Å². The van der Waals surface area contributed by atoms with E-state index in [1.807, 2.05) is 32.0 Å². The third-order valence-electron chi connectivity index (χ3n) is 3.59. The SMILES string of the molecule is CCOc1cc(/C=N\NC(=O)C(=O)Nc2c(C)cccc2C)ccc1O. The van der Waals surface area contributed by atoms with Crippen LogP contribution in [-0.4, -0.2) is 29.7 Å². The molecule has 0 bridgehead atoms.